The van der Waals surface area contributed by atoms with Crippen LogP contribution in [0.2, 0.25) is 0 Å². The van der Waals surface area contributed by atoms with Gasteiger partial charge in [-0.1, -0.05) is 20.3 Å². The van der Waals surface area contributed by atoms with Crippen LogP contribution in [-0.2, 0) is 0 Å². The molecule has 13 atom stereocenters. The van der Waals surface area contributed by atoms with E-state index in [-0.39, 0.29) is 41.7 Å². The van der Waals surface area contributed by atoms with E-state index in [1.807, 2.05) is 0 Å². The molecule has 7 heteroatoms. The molecule has 194 valence electrons. The van der Waals surface area contributed by atoms with Crippen LogP contribution in [-0.4, -0.2) is 89.3 Å². The molecule has 0 radical (unpaired) electrons. The molecular weight excluding hydrogens is 434 g/mol. The fourth-order valence-electron chi connectivity index (χ4n) is 10.7. The molecule has 4 aliphatic carbocycles. The second-order valence-electron chi connectivity index (χ2n) is 13.8. The van der Waals surface area contributed by atoms with E-state index in [2.05, 4.69) is 18.7 Å². The number of aliphatic hydroxyl groups excluding tert-OH is 2. The van der Waals surface area contributed by atoms with Crippen LogP contribution < -0.4 is 0 Å². The number of hydrogen-bond acceptors (Lipinski definition) is 7. The summed E-state index contributed by atoms with van der Waals surface area (Å²) >= 11 is 0. The van der Waals surface area contributed by atoms with E-state index >= 15 is 0 Å². The molecule has 0 amide bonds. The van der Waals surface area contributed by atoms with Gasteiger partial charge in [-0.05, 0) is 81.0 Å². The van der Waals surface area contributed by atoms with Crippen molar-refractivity contribution >= 4 is 0 Å². The number of nitrogens with zero attached hydrogens (tertiary/aromatic N) is 1. The molecule has 0 bridgehead atoms. The first-order valence-electron chi connectivity index (χ1n) is 13.8. The SMILES string of the molecule is CC1CCC2N(C1)CC1C3(O)CC4C(CCC5C(O)CCCC54C)C3(O)CC(O)C1(O)C2(C)O. The molecule has 0 aromatic carbocycles. The standard InChI is InChI=1S/C27H45NO6/c1-15-6-9-21-24(3,31)27(34)20(14-28(21)13-15)26(33)11-18-16(25(26,32)12-22(27)30)7-8-17-19(29)5-4-10-23(17,18)2/h15-22,29-34H,4-14H2,1-3H3. The summed E-state index contributed by atoms with van der Waals surface area (Å²) in [7, 11) is 0. The van der Waals surface area contributed by atoms with Crippen molar-refractivity contribution in [2.45, 2.75) is 119 Å². The van der Waals surface area contributed by atoms with Crippen molar-refractivity contribution in [2.75, 3.05) is 13.1 Å². The van der Waals surface area contributed by atoms with Gasteiger partial charge in [0.2, 0.25) is 0 Å². The summed E-state index contributed by atoms with van der Waals surface area (Å²) in [4.78, 5) is 2.20. The third-order valence-electron chi connectivity index (χ3n) is 12.5. The minimum absolute atomic E-state index is 0.00806. The lowest BCUT2D eigenvalue weighted by atomic mass is 9.49. The Morgan fingerprint density at radius 1 is 0.765 bits per heavy atom. The minimum Gasteiger partial charge on any atom is -0.393 e. The van der Waals surface area contributed by atoms with Gasteiger partial charge in [0.25, 0.3) is 0 Å². The van der Waals surface area contributed by atoms with Gasteiger partial charge >= 0.3 is 0 Å². The van der Waals surface area contributed by atoms with Gasteiger partial charge in [0.1, 0.15) is 16.8 Å². The second-order valence-corrected chi connectivity index (χ2v) is 13.8. The molecule has 0 aromatic rings. The Balaban J connectivity index is 1.44. The van der Waals surface area contributed by atoms with Crippen molar-refractivity contribution in [3.8, 4) is 0 Å². The van der Waals surface area contributed by atoms with Gasteiger partial charge in [0.15, 0.2) is 0 Å². The van der Waals surface area contributed by atoms with E-state index in [1.165, 1.54) is 0 Å². The predicted molar refractivity (Wildman–Crippen MR) is 126 cm³/mol. The topological polar surface area (TPSA) is 125 Å². The van der Waals surface area contributed by atoms with E-state index in [0.29, 0.717) is 25.3 Å². The fourth-order valence-corrected chi connectivity index (χ4v) is 10.7. The molecule has 0 spiro atoms. The first-order chi connectivity index (χ1) is 15.8. The van der Waals surface area contributed by atoms with Gasteiger partial charge in [-0.2, -0.15) is 0 Å². The summed E-state index contributed by atoms with van der Waals surface area (Å²) in [5, 5.41) is 71.1. The Labute approximate surface area is 203 Å². The Bertz CT molecular complexity index is 853. The van der Waals surface area contributed by atoms with Gasteiger partial charge in [0, 0.05) is 31.5 Å². The van der Waals surface area contributed by atoms with Crippen LogP contribution in [0, 0.1) is 35.0 Å². The maximum absolute atomic E-state index is 12.5. The molecule has 13 unspecified atom stereocenters. The van der Waals surface area contributed by atoms with Crippen LogP contribution in [0.4, 0.5) is 0 Å². The Morgan fingerprint density at radius 3 is 2.21 bits per heavy atom. The minimum atomic E-state index is -1.89. The number of rotatable bonds is 0. The van der Waals surface area contributed by atoms with Gasteiger partial charge in [-0.15, -0.1) is 0 Å². The van der Waals surface area contributed by atoms with Crippen molar-refractivity contribution in [3.63, 3.8) is 0 Å². The van der Waals surface area contributed by atoms with Crippen molar-refractivity contribution in [3.05, 3.63) is 0 Å². The van der Waals surface area contributed by atoms with E-state index < -0.39 is 34.4 Å². The molecule has 6 N–H and O–H groups in total. The molecule has 7 nitrogen and oxygen atoms in total. The van der Waals surface area contributed by atoms with E-state index in [1.54, 1.807) is 6.92 Å². The summed E-state index contributed by atoms with van der Waals surface area (Å²) < 4.78 is 0. The van der Waals surface area contributed by atoms with Crippen LogP contribution in [0.3, 0.4) is 0 Å². The first-order valence-corrected chi connectivity index (χ1v) is 13.8. The molecule has 2 saturated heterocycles. The molecule has 6 fully saturated rings. The largest absolute Gasteiger partial charge is 0.393 e. The molecule has 4 saturated carbocycles. The van der Waals surface area contributed by atoms with Crippen LogP contribution in [0.1, 0.15) is 78.6 Å². The maximum atomic E-state index is 12.5. The lowest BCUT2D eigenvalue weighted by Crippen LogP contribution is -2.85. The zero-order valence-corrected chi connectivity index (χ0v) is 21.0. The number of aliphatic hydroxyl groups is 6. The average molecular weight is 480 g/mol. The van der Waals surface area contributed by atoms with E-state index in [9.17, 15) is 30.6 Å². The summed E-state index contributed by atoms with van der Waals surface area (Å²) in [6, 6.07) is -0.284. The quantitative estimate of drug-likeness (QED) is 0.307. The molecule has 0 aromatic heterocycles. The Kier molecular flexibility index (Phi) is 5.08. The molecule has 2 aliphatic heterocycles. The third-order valence-corrected chi connectivity index (χ3v) is 12.5. The molecule has 6 rings (SSSR count). The van der Waals surface area contributed by atoms with Gasteiger partial charge in [-0.25, -0.2) is 0 Å². The van der Waals surface area contributed by atoms with E-state index in [0.717, 1.165) is 45.1 Å². The van der Waals surface area contributed by atoms with Crippen molar-refractivity contribution in [1.82, 2.24) is 4.90 Å². The summed E-state index contributed by atoms with van der Waals surface area (Å²) in [5.74, 6) is -0.429. The van der Waals surface area contributed by atoms with Gasteiger partial charge in [-0.3, -0.25) is 4.90 Å². The zero-order valence-electron chi connectivity index (χ0n) is 21.0. The second kappa shape index (κ2) is 7.18. The van der Waals surface area contributed by atoms with Crippen LogP contribution in [0.15, 0.2) is 0 Å². The molecule has 2 heterocycles. The fraction of sp³-hybridized carbons (Fsp3) is 1.00. The van der Waals surface area contributed by atoms with Crippen LogP contribution in [0.5, 0.6) is 0 Å². The normalized spacial score (nSPS) is 63.8. The lowest BCUT2D eigenvalue weighted by molar-refractivity contribution is -0.354. The Hall–Kier alpha value is -0.280. The van der Waals surface area contributed by atoms with Gasteiger partial charge < -0.3 is 30.6 Å². The first kappa shape index (κ1) is 24.1. The highest BCUT2D eigenvalue weighted by molar-refractivity contribution is 5.31. The van der Waals surface area contributed by atoms with E-state index in [4.69, 9.17) is 0 Å². The maximum Gasteiger partial charge on any atom is 0.127 e. The van der Waals surface area contributed by atoms with Crippen molar-refractivity contribution in [2.24, 2.45) is 35.0 Å². The average Bonchev–Trinajstić information content (AvgIpc) is 2.99. The van der Waals surface area contributed by atoms with Gasteiger partial charge in [0.05, 0.1) is 17.8 Å². The summed E-state index contributed by atoms with van der Waals surface area (Å²) in [5.41, 5.74) is -6.81. The smallest absolute Gasteiger partial charge is 0.127 e. The van der Waals surface area contributed by atoms with Crippen molar-refractivity contribution < 1.29 is 30.6 Å². The number of fused-ring (bicyclic) bond motifs is 8. The monoisotopic (exact) mass is 479 g/mol. The zero-order chi connectivity index (χ0) is 24.5. The highest BCUT2D eigenvalue weighted by Crippen LogP contribution is 2.70. The highest BCUT2D eigenvalue weighted by Gasteiger charge is 2.80. The van der Waals surface area contributed by atoms with Crippen LogP contribution in [0.25, 0.3) is 0 Å². The molecular formula is C27H45NO6. The number of hydrogen-bond donors (Lipinski definition) is 6. The summed E-state index contributed by atoms with van der Waals surface area (Å²) in [6.45, 7) is 7.17. The Morgan fingerprint density at radius 2 is 1.47 bits per heavy atom. The number of piperidine rings is 2. The lowest BCUT2D eigenvalue weighted by Gasteiger charge is -2.68. The predicted octanol–water partition coefficient (Wildman–Crippen LogP) is 1.02. The third kappa shape index (κ3) is 2.63. The highest BCUT2D eigenvalue weighted by atomic mass is 16.4. The van der Waals surface area contributed by atoms with Crippen LogP contribution >= 0.6 is 0 Å². The molecule has 34 heavy (non-hydrogen) atoms. The molecule has 6 aliphatic rings. The van der Waals surface area contributed by atoms with Crippen molar-refractivity contribution in [1.29, 1.82) is 0 Å². The summed E-state index contributed by atoms with van der Waals surface area (Å²) in [6.07, 6.45) is 4.47.